The Morgan fingerprint density at radius 3 is 2.36 bits per heavy atom. The highest BCUT2D eigenvalue weighted by Gasteiger charge is 2.22. The number of rotatable bonds is 9. The van der Waals surface area contributed by atoms with Crippen molar-refractivity contribution < 1.29 is 9.53 Å². The first-order valence-corrected chi connectivity index (χ1v) is 13.1. The van der Waals surface area contributed by atoms with Crippen molar-refractivity contribution in [3.05, 3.63) is 77.2 Å². The van der Waals surface area contributed by atoms with E-state index in [9.17, 15) is 4.79 Å². The van der Waals surface area contributed by atoms with Gasteiger partial charge in [0.05, 0.1) is 18.1 Å². The zero-order valence-corrected chi connectivity index (χ0v) is 23.0. The average molecular weight is 511 g/mol. The fraction of sp³-hybridized carbons (Fsp3) is 0.414. The maximum Gasteiger partial charge on any atom is 0.225 e. The third kappa shape index (κ3) is 8.23. The van der Waals surface area contributed by atoms with Crippen LogP contribution in [0, 0.1) is 0 Å². The normalized spacial score (nSPS) is 14.2. The highest BCUT2D eigenvalue weighted by atomic mass is 35.5. The SMILES string of the molecule is C=C/C(=C\C=C(/C)OCC)Cc1cnc(N2CCN(C(=O)CC)CC2)nc1-c1ccc(Cl)cc1.CC. The maximum absolute atomic E-state index is 12.0. The second-order valence-corrected chi connectivity index (χ2v) is 8.54. The first kappa shape index (κ1) is 29.1. The lowest BCUT2D eigenvalue weighted by Gasteiger charge is -2.34. The van der Waals surface area contributed by atoms with Crippen molar-refractivity contribution >= 4 is 23.5 Å². The lowest BCUT2D eigenvalue weighted by molar-refractivity contribution is -0.131. The van der Waals surface area contributed by atoms with Gasteiger partial charge in [0.15, 0.2) is 0 Å². The molecule has 36 heavy (non-hydrogen) atoms. The van der Waals surface area contributed by atoms with E-state index in [4.69, 9.17) is 26.3 Å². The number of carbonyl (C=O) groups excluding carboxylic acids is 1. The van der Waals surface area contributed by atoms with E-state index in [1.54, 1.807) is 0 Å². The van der Waals surface area contributed by atoms with Gasteiger partial charge in [0.2, 0.25) is 11.9 Å². The molecule has 0 unspecified atom stereocenters. The van der Waals surface area contributed by atoms with Crippen LogP contribution in [0.2, 0.25) is 5.02 Å². The van der Waals surface area contributed by atoms with Crippen LogP contribution in [0.25, 0.3) is 11.3 Å². The smallest absolute Gasteiger partial charge is 0.225 e. The zero-order chi connectivity index (χ0) is 26.5. The molecule has 1 aliphatic rings. The van der Waals surface area contributed by atoms with Crippen LogP contribution in [-0.4, -0.2) is 53.6 Å². The Morgan fingerprint density at radius 1 is 1.11 bits per heavy atom. The summed E-state index contributed by atoms with van der Waals surface area (Å²) in [7, 11) is 0. The summed E-state index contributed by atoms with van der Waals surface area (Å²) in [6.07, 6.45) is 8.88. The molecule has 0 atom stereocenters. The van der Waals surface area contributed by atoms with E-state index in [0.717, 1.165) is 28.2 Å². The van der Waals surface area contributed by atoms with Crippen molar-refractivity contribution in [1.82, 2.24) is 14.9 Å². The van der Waals surface area contributed by atoms with Gasteiger partial charge in [-0.15, -0.1) is 0 Å². The molecule has 1 fully saturated rings. The molecule has 2 aromatic rings. The quantitative estimate of drug-likeness (QED) is 0.285. The van der Waals surface area contributed by atoms with Gasteiger partial charge < -0.3 is 14.5 Å². The molecule has 1 aromatic carbocycles. The van der Waals surface area contributed by atoms with Crippen LogP contribution >= 0.6 is 11.6 Å². The van der Waals surface area contributed by atoms with Crippen LogP contribution in [0.1, 0.15) is 46.6 Å². The summed E-state index contributed by atoms with van der Waals surface area (Å²) in [5.41, 5.74) is 3.89. The molecule has 3 rings (SSSR count). The molecule has 0 aliphatic carbocycles. The number of benzene rings is 1. The second-order valence-electron chi connectivity index (χ2n) is 8.10. The molecule has 1 aromatic heterocycles. The first-order chi connectivity index (χ1) is 17.4. The first-order valence-electron chi connectivity index (χ1n) is 12.7. The van der Waals surface area contributed by atoms with Gasteiger partial charge in [0, 0.05) is 61.4 Å². The van der Waals surface area contributed by atoms with Crippen molar-refractivity contribution in [3.63, 3.8) is 0 Å². The van der Waals surface area contributed by atoms with Gasteiger partial charge in [0.25, 0.3) is 0 Å². The molecule has 6 nitrogen and oxygen atoms in total. The van der Waals surface area contributed by atoms with Crippen molar-refractivity contribution in [3.8, 4) is 11.3 Å². The molecule has 0 saturated carbocycles. The van der Waals surface area contributed by atoms with E-state index in [0.29, 0.717) is 56.6 Å². The van der Waals surface area contributed by atoms with E-state index >= 15 is 0 Å². The monoisotopic (exact) mass is 510 g/mol. The number of allylic oxidation sites excluding steroid dienone is 5. The number of carbonyl (C=O) groups is 1. The van der Waals surface area contributed by atoms with Crippen molar-refractivity contribution in [2.24, 2.45) is 0 Å². The number of nitrogens with zero attached hydrogens (tertiary/aromatic N) is 4. The Kier molecular flexibility index (Phi) is 12.2. The fourth-order valence-corrected chi connectivity index (χ4v) is 3.96. The summed E-state index contributed by atoms with van der Waals surface area (Å²) in [5.74, 6) is 1.72. The Labute approximate surface area is 221 Å². The van der Waals surface area contributed by atoms with Crippen LogP contribution < -0.4 is 4.90 Å². The zero-order valence-electron chi connectivity index (χ0n) is 22.3. The van der Waals surface area contributed by atoms with Gasteiger partial charge >= 0.3 is 0 Å². The summed E-state index contributed by atoms with van der Waals surface area (Å²) >= 11 is 6.13. The van der Waals surface area contributed by atoms with E-state index in [1.165, 1.54) is 0 Å². The molecule has 0 bridgehead atoms. The van der Waals surface area contributed by atoms with Gasteiger partial charge in [-0.25, -0.2) is 9.97 Å². The third-order valence-electron chi connectivity index (χ3n) is 5.75. The van der Waals surface area contributed by atoms with Crippen LogP contribution in [0.4, 0.5) is 5.95 Å². The predicted molar refractivity (Wildman–Crippen MR) is 150 cm³/mol. The lowest BCUT2D eigenvalue weighted by atomic mass is 10.0. The molecular weight excluding hydrogens is 472 g/mol. The number of hydrogen-bond acceptors (Lipinski definition) is 5. The minimum atomic E-state index is 0.190. The van der Waals surface area contributed by atoms with Crippen LogP contribution in [0.3, 0.4) is 0 Å². The number of amides is 1. The highest BCUT2D eigenvalue weighted by molar-refractivity contribution is 6.30. The van der Waals surface area contributed by atoms with Crippen LogP contribution in [0.5, 0.6) is 0 Å². The van der Waals surface area contributed by atoms with E-state index in [-0.39, 0.29) is 5.91 Å². The van der Waals surface area contributed by atoms with Gasteiger partial charge in [-0.05, 0) is 37.6 Å². The van der Waals surface area contributed by atoms with Gasteiger partial charge in [0.1, 0.15) is 0 Å². The van der Waals surface area contributed by atoms with Gasteiger partial charge in [-0.1, -0.05) is 63.2 Å². The molecule has 2 heterocycles. The molecule has 0 radical (unpaired) electrons. The maximum atomic E-state index is 12.0. The minimum absolute atomic E-state index is 0.190. The van der Waals surface area contributed by atoms with Gasteiger partial charge in [-0.2, -0.15) is 0 Å². The number of aromatic nitrogens is 2. The topological polar surface area (TPSA) is 58.6 Å². The van der Waals surface area contributed by atoms with Crippen LogP contribution in [0.15, 0.2) is 66.6 Å². The van der Waals surface area contributed by atoms with Crippen molar-refractivity contribution in [2.75, 3.05) is 37.7 Å². The number of piperazine rings is 1. The molecule has 7 heteroatoms. The Bertz CT molecular complexity index is 1060. The molecule has 1 saturated heterocycles. The number of anilines is 1. The third-order valence-corrected chi connectivity index (χ3v) is 6.00. The second kappa shape index (κ2) is 15.1. The molecule has 194 valence electrons. The summed E-state index contributed by atoms with van der Waals surface area (Å²) in [6.45, 7) is 17.2. The van der Waals surface area contributed by atoms with Crippen LogP contribution in [-0.2, 0) is 16.0 Å². The molecule has 0 N–H and O–H groups in total. The summed E-state index contributed by atoms with van der Waals surface area (Å²) in [4.78, 5) is 25.7. The standard InChI is InChI=1S/C27H33ClN4O2.C2H6/c1-5-21(9-8-20(4)34-7-3)18-23-19-29-27(30-26(23)22-10-12-24(28)13-11-22)32-16-14-31(15-17-32)25(33)6-2;1-2/h5,8-13,19H,1,6-7,14-18H2,2-4H3;1-2H3/b20-8+,21-9+;. The number of halogens is 1. The molecule has 0 spiro atoms. The largest absolute Gasteiger partial charge is 0.499 e. The summed E-state index contributed by atoms with van der Waals surface area (Å²) in [6, 6.07) is 7.70. The average Bonchev–Trinajstić information content (AvgIpc) is 2.92. The summed E-state index contributed by atoms with van der Waals surface area (Å²) in [5, 5.41) is 0.680. The lowest BCUT2D eigenvalue weighted by Crippen LogP contribution is -2.49. The fourth-order valence-electron chi connectivity index (χ4n) is 3.84. The Morgan fingerprint density at radius 2 is 1.78 bits per heavy atom. The van der Waals surface area contributed by atoms with E-state index in [1.807, 2.05) is 88.2 Å². The summed E-state index contributed by atoms with van der Waals surface area (Å²) < 4.78 is 5.52. The minimum Gasteiger partial charge on any atom is -0.499 e. The van der Waals surface area contributed by atoms with Crippen molar-refractivity contribution in [2.45, 2.75) is 47.5 Å². The molecular formula is C29H39ClN4O2. The number of hydrogen-bond donors (Lipinski definition) is 0. The van der Waals surface area contributed by atoms with Crippen molar-refractivity contribution in [1.29, 1.82) is 0 Å². The van der Waals surface area contributed by atoms with Gasteiger partial charge in [-0.3, -0.25) is 4.79 Å². The Hall–Kier alpha value is -3.12. The van der Waals surface area contributed by atoms with E-state index < -0.39 is 0 Å². The van der Waals surface area contributed by atoms with E-state index in [2.05, 4.69) is 11.5 Å². The number of ether oxygens (including phenoxy) is 1. The Balaban J connectivity index is 0.00000222. The molecule has 1 amide bonds. The molecule has 1 aliphatic heterocycles. The highest BCUT2D eigenvalue weighted by Crippen LogP contribution is 2.27. The predicted octanol–water partition coefficient (Wildman–Crippen LogP) is 6.48.